The first kappa shape index (κ1) is 13.2. The number of halogens is 1. The van der Waals surface area contributed by atoms with Crippen LogP contribution in [-0.2, 0) is 0 Å². The highest BCUT2D eigenvalue weighted by Crippen LogP contribution is 2.09. The summed E-state index contributed by atoms with van der Waals surface area (Å²) in [6.07, 6.45) is 6.41. The molecule has 0 radical (unpaired) electrons. The fourth-order valence-corrected chi connectivity index (χ4v) is 1.59. The Morgan fingerprint density at radius 2 is 2.00 bits per heavy atom. The number of hydrogen-bond acceptors (Lipinski definition) is 2. The topological polar surface area (TPSA) is 34.9 Å². The van der Waals surface area contributed by atoms with E-state index >= 15 is 0 Å². The van der Waals surface area contributed by atoms with Gasteiger partial charge in [-0.2, -0.15) is 5.10 Å². The molecule has 0 aliphatic rings. The highest BCUT2D eigenvalue weighted by atomic mass is 19.1. The molecule has 0 spiro atoms. The minimum Gasteiger partial charge on any atom is -0.289 e. The highest BCUT2D eigenvalue weighted by molar-refractivity contribution is 6.06. The first-order valence-corrected chi connectivity index (χ1v) is 6.08. The monoisotopic (exact) mass is 258 g/mol. The number of benzene rings is 1. The summed E-state index contributed by atoms with van der Waals surface area (Å²) < 4.78 is 14.5. The van der Waals surface area contributed by atoms with E-state index in [1.54, 1.807) is 35.3 Å². The summed E-state index contributed by atoms with van der Waals surface area (Å²) in [5.41, 5.74) is 1.33. The zero-order valence-electron chi connectivity index (χ0n) is 10.9. The molecule has 1 aromatic carbocycles. The SMILES string of the molecule is CC(C)n1cc(C(=O)C=Cc2ccc(F)cc2)cn1. The molecule has 4 heteroatoms. The number of carbonyl (C=O) groups excluding carboxylic acids is 1. The van der Waals surface area contributed by atoms with Crippen LogP contribution in [0.25, 0.3) is 6.08 Å². The van der Waals surface area contributed by atoms with Crippen molar-refractivity contribution in [2.75, 3.05) is 0 Å². The molecule has 2 aromatic rings. The van der Waals surface area contributed by atoms with Gasteiger partial charge >= 0.3 is 0 Å². The predicted octanol–water partition coefficient (Wildman–Crippen LogP) is 3.50. The molecule has 0 aliphatic carbocycles. The molecule has 0 bridgehead atoms. The number of allylic oxidation sites excluding steroid dienone is 1. The molecule has 1 heterocycles. The van der Waals surface area contributed by atoms with Gasteiger partial charge < -0.3 is 0 Å². The molecule has 0 amide bonds. The Labute approximate surface area is 111 Å². The molecule has 0 saturated carbocycles. The molecule has 1 aromatic heterocycles. The van der Waals surface area contributed by atoms with Crippen molar-refractivity contribution in [2.45, 2.75) is 19.9 Å². The van der Waals surface area contributed by atoms with Crippen LogP contribution in [0.15, 0.2) is 42.7 Å². The Morgan fingerprint density at radius 1 is 1.32 bits per heavy atom. The fourth-order valence-electron chi connectivity index (χ4n) is 1.59. The number of nitrogens with zero attached hydrogens (tertiary/aromatic N) is 2. The van der Waals surface area contributed by atoms with E-state index in [1.807, 2.05) is 13.8 Å². The van der Waals surface area contributed by atoms with Crippen LogP contribution >= 0.6 is 0 Å². The third kappa shape index (κ3) is 3.37. The number of carbonyl (C=O) groups is 1. The Hall–Kier alpha value is -2.23. The Balaban J connectivity index is 2.09. The lowest BCUT2D eigenvalue weighted by Gasteiger charge is -2.02. The number of rotatable bonds is 4. The van der Waals surface area contributed by atoms with E-state index < -0.39 is 0 Å². The average Bonchev–Trinajstić information content (AvgIpc) is 2.87. The molecule has 98 valence electrons. The van der Waals surface area contributed by atoms with Crippen LogP contribution in [0, 0.1) is 5.82 Å². The number of hydrogen-bond donors (Lipinski definition) is 0. The maximum Gasteiger partial charge on any atom is 0.189 e. The van der Waals surface area contributed by atoms with E-state index in [2.05, 4.69) is 5.10 Å². The van der Waals surface area contributed by atoms with Gasteiger partial charge in [-0.25, -0.2) is 4.39 Å². The zero-order valence-corrected chi connectivity index (χ0v) is 10.9. The van der Waals surface area contributed by atoms with Gasteiger partial charge in [0, 0.05) is 12.2 Å². The summed E-state index contributed by atoms with van der Waals surface area (Å²) in [6, 6.07) is 6.19. The molecule has 0 atom stereocenters. The minimum atomic E-state index is -0.290. The lowest BCUT2D eigenvalue weighted by Crippen LogP contribution is -2.00. The average molecular weight is 258 g/mol. The van der Waals surface area contributed by atoms with Crippen LogP contribution in [0.1, 0.15) is 35.8 Å². The zero-order chi connectivity index (χ0) is 13.8. The van der Waals surface area contributed by atoms with Crippen molar-refractivity contribution in [1.82, 2.24) is 9.78 Å². The van der Waals surface area contributed by atoms with Gasteiger partial charge in [0.1, 0.15) is 5.82 Å². The van der Waals surface area contributed by atoms with Crippen molar-refractivity contribution in [1.29, 1.82) is 0 Å². The Bertz CT molecular complexity index is 597. The third-order valence-electron chi connectivity index (χ3n) is 2.71. The second-order valence-electron chi connectivity index (χ2n) is 4.55. The van der Waals surface area contributed by atoms with Crippen molar-refractivity contribution in [3.63, 3.8) is 0 Å². The molecular formula is C15H15FN2O. The van der Waals surface area contributed by atoms with E-state index in [-0.39, 0.29) is 17.6 Å². The maximum atomic E-state index is 12.7. The lowest BCUT2D eigenvalue weighted by molar-refractivity contribution is 0.104. The summed E-state index contributed by atoms with van der Waals surface area (Å²) in [5.74, 6) is -0.405. The first-order chi connectivity index (χ1) is 9.06. The smallest absolute Gasteiger partial charge is 0.189 e. The quantitative estimate of drug-likeness (QED) is 0.621. The van der Waals surface area contributed by atoms with Crippen molar-refractivity contribution in [2.24, 2.45) is 0 Å². The molecule has 2 rings (SSSR count). The van der Waals surface area contributed by atoms with Gasteiger partial charge in [-0.15, -0.1) is 0 Å². The molecule has 0 unspecified atom stereocenters. The normalized spacial score (nSPS) is 11.4. The molecule has 0 saturated heterocycles. The Kier molecular flexibility index (Phi) is 3.90. The third-order valence-corrected chi connectivity index (χ3v) is 2.71. The molecule has 3 nitrogen and oxygen atoms in total. The van der Waals surface area contributed by atoms with Crippen molar-refractivity contribution < 1.29 is 9.18 Å². The summed E-state index contributed by atoms with van der Waals surface area (Å²) in [4.78, 5) is 11.9. The standard InChI is InChI=1S/C15H15FN2O/c1-11(2)18-10-13(9-17-18)15(19)8-5-12-3-6-14(16)7-4-12/h3-11H,1-2H3. The molecule has 0 aliphatic heterocycles. The van der Waals surface area contributed by atoms with Gasteiger partial charge in [-0.3, -0.25) is 9.48 Å². The van der Waals surface area contributed by atoms with Gasteiger partial charge in [-0.1, -0.05) is 18.2 Å². The van der Waals surface area contributed by atoms with Crippen molar-refractivity contribution in [3.05, 3.63) is 59.7 Å². The molecular weight excluding hydrogens is 243 g/mol. The van der Waals surface area contributed by atoms with E-state index in [4.69, 9.17) is 0 Å². The van der Waals surface area contributed by atoms with Crippen LogP contribution in [-0.4, -0.2) is 15.6 Å². The predicted molar refractivity (Wildman–Crippen MR) is 72.4 cm³/mol. The second-order valence-corrected chi connectivity index (χ2v) is 4.55. The van der Waals surface area contributed by atoms with E-state index in [0.717, 1.165) is 5.56 Å². The van der Waals surface area contributed by atoms with Crippen LogP contribution in [0.3, 0.4) is 0 Å². The van der Waals surface area contributed by atoms with E-state index in [0.29, 0.717) is 5.56 Å². The molecule has 0 fully saturated rings. The summed E-state index contributed by atoms with van der Waals surface area (Å²) >= 11 is 0. The summed E-state index contributed by atoms with van der Waals surface area (Å²) in [6.45, 7) is 3.99. The van der Waals surface area contributed by atoms with Gasteiger partial charge in [0.25, 0.3) is 0 Å². The van der Waals surface area contributed by atoms with Gasteiger partial charge in [0.15, 0.2) is 5.78 Å². The van der Waals surface area contributed by atoms with Crippen molar-refractivity contribution in [3.8, 4) is 0 Å². The van der Waals surface area contributed by atoms with Crippen molar-refractivity contribution >= 4 is 11.9 Å². The first-order valence-electron chi connectivity index (χ1n) is 6.08. The van der Waals surface area contributed by atoms with Crippen LogP contribution in [0.4, 0.5) is 4.39 Å². The number of aromatic nitrogens is 2. The van der Waals surface area contributed by atoms with Crippen LogP contribution in [0.5, 0.6) is 0 Å². The minimum absolute atomic E-state index is 0.115. The van der Waals surface area contributed by atoms with Gasteiger partial charge in [-0.05, 0) is 37.6 Å². The molecule has 19 heavy (non-hydrogen) atoms. The van der Waals surface area contributed by atoms with E-state index in [9.17, 15) is 9.18 Å². The number of ketones is 1. The maximum absolute atomic E-state index is 12.7. The summed E-state index contributed by atoms with van der Waals surface area (Å²) in [5, 5.41) is 4.12. The van der Waals surface area contributed by atoms with Gasteiger partial charge in [0.05, 0.1) is 11.8 Å². The van der Waals surface area contributed by atoms with E-state index in [1.165, 1.54) is 18.2 Å². The second kappa shape index (κ2) is 5.61. The van der Waals surface area contributed by atoms with Gasteiger partial charge in [0.2, 0.25) is 0 Å². The molecule has 0 N–H and O–H groups in total. The van der Waals surface area contributed by atoms with Crippen LogP contribution < -0.4 is 0 Å². The summed E-state index contributed by atoms with van der Waals surface area (Å²) in [7, 11) is 0. The lowest BCUT2D eigenvalue weighted by atomic mass is 10.1. The largest absolute Gasteiger partial charge is 0.289 e. The fraction of sp³-hybridized carbons (Fsp3) is 0.200. The highest BCUT2D eigenvalue weighted by Gasteiger charge is 2.06. The van der Waals surface area contributed by atoms with Crippen LogP contribution in [0.2, 0.25) is 0 Å². The Morgan fingerprint density at radius 3 is 2.58 bits per heavy atom.